The van der Waals surface area contributed by atoms with Crippen LogP contribution in [0, 0.1) is 0 Å². The van der Waals surface area contributed by atoms with Gasteiger partial charge in [0.15, 0.2) is 0 Å². The summed E-state index contributed by atoms with van der Waals surface area (Å²) in [4.78, 5) is 11.3. The summed E-state index contributed by atoms with van der Waals surface area (Å²) in [6, 6.07) is 7.14. The van der Waals surface area contributed by atoms with E-state index in [1.807, 2.05) is 12.1 Å². The maximum Gasteiger partial charge on any atom is 0.329 e. The monoisotopic (exact) mass is 239 g/mol. The fraction of sp³-hybridized carbons (Fsp3) is 0.417. The van der Waals surface area contributed by atoms with Gasteiger partial charge in [-0.3, -0.25) is 0 Å². The average Bonchev–Trinajstić information content (AvgIpc) is 2.71. The lowest BCUT2D eigenvalue weighted by Crippen LogP contribution is -2.43. The van der Waals surface area contributed by atoms with Crippen LogP contribution in [0.5, 0.6) is 0 Å². The van der Waals surface area contributed by atoms with Crippen LogP contribution in [-0.2, 0) is 4.79 Å². The molecule has 0 saturated heterocycles. The van der Waals surface area contributed by atoms with E-state index in [0.29, 0.717) is 17.9 Å². The van der Waals surface area contributed by atoms with Crippen molar-refractivity contribution in [3.8, 4) is 0 Å². The minimum Gasteiger partial charge on any atom is -0.480 e. The Morgan fingerprint density at radius 2 is 1.81 bits per heavy atom. The molecule has 1 fully saturated rings. The Balaban J connectivity index is 2.18. The van der Waals surface area contributed by atoms with E-state index in [2.05, 4.69) is 5.32 Å². The molecule has 2 rings (SSSR count). The second-order valence-corrected chi connectivity index (χ2v) is 4.66. The number of benzene rings is 1. The van der Waals surface area contributed by atoms with Gasteiger partial charge in [-0.2, -0.15) is 0 Å². The third kappa shape index (κ3) is 2.14. The Morgan fingerprint density at radius 3 is 2.31 bits per heavy atom. The Hall–Kier alpha value is -1.22. The smallest absolute Gasteiger partial charge is 0.329 e. The van der Waals surface area contributed by atoms with Crippen molar-refractivity contribution < 1.29 is 9.90 Å². The van der Waals surface area contributed by atoms with Gasteiger partial charge in [0.25, 0.3) is 0 Å². The lowest BCUT2D eigenvalue weighted by atomic mass is 9.97. The molecule has 0 aromatic heterocycles. The molecule has 0 spiro atoms. The van der Waals surface area contributed by atoms with Gasteiger partial charge in [0.05, 0.1) is 0 Å². The van der Waals surface area contributed by atoms with Gasteiger partial charge >= 0.3 is 5.97 Å². The zero-order chi connectivity index (χ0) is 11.6. The summed E-state index contributed by atoms with van der Waals surface area (Å²) in [6.45, 7) is 0. The number of rotatable bonds is 3. The lowest BCUT2D eigenvalue weighted by molar-refractivity contribution is -0.142. The molecule has 1 aliphatic carbocycles. The van der Waals surface area contributed by atoms with Crippen molar-refractivity contribution in [1.82, 2.24) is 0 Å². The van der Waals surface area contributed by atoms with Gasteiger partial charge in [-0.25, -0.2) is 4.79 Å². The van der Waals surface area contributed by atoms with Crippen molar-refractivity contribution in [2.75, 3.05) is 5.32 Å². The quantitative estimate of drug-likeness (QED) is 0.852. The molecule has 0 heterocycles. The number of carboxylic acid groups (broad SMARTS) is 1. The molecule has 3 nitrogen and oxygen atoms in total. The first-order valence-electron chi connectivity index (χ1n) is 5.40. The summed E-state index contributed by atoms with van der Waals surface area (Å²) in [7, 11) is 0. The SMILES string of the molecule is O=C(O)C1(Nc2ccc(Cl)cc2)CCCC1. The van der Waals surface area contributed by atoms with Crippen LogP contribution in [0.25, 0.3) is 0 Å². The highest BCUT2D eigenvalue weighted by atomic mass is 35.5. The van der Waals surface area contributed by atoms with E-state index < -0.39 is 11.5 Å². The molecule has 86 valence electrons. The highest BCUT2D eigenvalue weighted by Gasteiger charge is 2.41. The minimum atomic E-state index is -0.784. The summed E-state index contributed by atoms with van der Waals surface area (Å²) >= 11 is 5.78. The first-order chi connectivity index (χ1) is 7.62. The van der Waals surface area contributed by atoms with E-state index in [1.165, 1.54) is 0 Å². The van der Waals surface area contributed by atoms with E-state index in [9.17, 15) is 9.90 Å². The molecule has 1 saturated carbocycles. The maximum absolute atomic E-state index is 11.3. The summed E-state index contributed by atoms with van der Waals surface area (Å²) < 4.78 is 0. The highest BCUT2D eigenvalue weighted by Crippen LogP contribution is 2.33. The first kappa shape index (κ1) is 11.3. The van der Waals surface area contributed by atoms with Gasteiger partial charge < -0.3 is 10.4 Å². The molecule has 2 N–H and O–H groups in total. The molecule has 4 heteroatoms. The fourth-order valence-corrected chi connectivity index (χ4v) is 2.31. The van der Waals surface area contributed by atoms with E-state index in [1.54, 1.807) is 12.1 Å². The molecule has 0 aliphatic heterocycles. The molecular weight excluding hydrogens is 226 g/mol. The second-order valence-electron chi connectivity index (χ2n) is 4.23. The van der Waals surface area contributed by atoms with Crippen LogP contribution in [0.2, 0.25) is 5.02 Å². The fourth-order valence-electron chi connectivity index (χ4n) is 2.18. The maximum atomic E-state index is 11.3. The van der Waals surface area contributed by atoms with Crippen LogP contribution in [0.4, 0.5) is 5.69 Å². The number of carbonyl (C=O) groups is 1. The Bertz CT molecular complexity index is 383. The van der Waals surface area contributed by atoms with Crippen molar-refractivity contribution in [2.24, 2.45) is 0 Å². The van der Waals surface area contributed by atoms with Gasteiger partial charge in [0, 0.05) is 10.7 Å². The number of hydrogen-bond acceptors (Lipinski definition) is 2. The van der Waals surface area contributed by atoms with Crippen molar-refractivity contribution in [3.05, 3.63) is 29.3 Å². The van der Waals surface area contributed by atoms with E-state index in [4.69, 9.17) is 11.6 Å². The third-order valence-corrected chi connectivity index (χ3v) is 3.35. The Morgan fingerprint density at radius 1 is 1.25 bits per heavy atom. The number of halogens is 1. The zero-order valence-corrected chi connectivity index (χ0v) is 9.63. The first-order valence-corrected chi connectivity index (χ1v) is 5.77. The summed E-state index contributed by atoms with van der Waals surface area (Å²) in [5.74, 6) is -0.764. The normalized spacial score (nSPS) is 18.3. The summed E-state index contributed by atoms with van der Waals surface area (Å²) in [5.41, 5.74) is 0.0297. The van der Waals surface area contributed by atoms with Crippen LogP contribution in [0.3, 0.4) is 0 Å². The van der Waals surface area contributed by atoms with E-state index in [-0.39, 0.29) is 0 Å². The Kier molecular flexibility index (Phi) is 3.06. The van der Waals surface area contributed by atoms with Gasteiger partial charge in [0.1, 0.15) is 5.54 Å². The predicted molar refractivity (Wildman–Crippen MR) is 63.9 cm³/mol. The highest BCUT2D eigenvalue weighted by molar-refractivity contribution is 6.30. The second kappa shape index (κ2) is 4.34. The van der Waals surface area contributed by atoms with Crippen LogP contribution >= 0.6 is 11.6 Å². The number of aliphatic carboxylic acids is 1. The standard InChI is InChI=1S/C12H14ClNO2/c13-9-3-5-10(6-4-9)14-12(11(15)16)7-1-2-8-12/h3-6,14H,1-2,7-8H2,(H,15,16). The topological polar surface area (TPSA) is 49.3 Å². The largest absolute Gasteiger partial charge is 0.480 e. The number of anilines is 1. The van der Waals surface area contributed by atoms with Gasteiger partial charge in [0.2, 0.25) is 0 Å². The van der Waals surface area contributed by atoms with E-state index in [0.717, 1.165) is 18.5 Å². The van der Waals surface area contributed by atoms with Crippen LogP contribution < -0.4 is 5.32 Å². The third-order valence-electron chi connectivity index (χ3n) is 3.09. The molecule has 0 unspecified atom stereocenters. The van der Waals surface area contributed by atoms with Crippen molar-refractivity contribution in [2.45, 2.75) is 31.2 Å². The van der Waals surface area contributed by atoms with Gasteiger partial charge in [-0.15, -0.1) is 0 Å². The van der Waals surface area contributed by atoms with Crippen LogP contribution in [-0.4, -0.2) is 16.6 Å². The Labute approximate surface area is 99.4 Å². The van der Waals surface area contributed by atoms with Crippen LogP contribution in [0.1, 0.15) is 25.7 Å². The molecule has 1 aliphatic rings. The summed E-state index contributed by atoms with van der Waals surface area (Å²) in [5, 5.41) is 13.1. The van der Waals surface area contributed by atoms with Gasteiger partial charge in [-0.1, -0.05) is 24.4 Å². The summed E-state index contributed by atoms with van der Waals surface area (Å²) in [6.07, 6.45) is 3.30. The molecule has 0 radical (unpaired) electrons. The van der Waals surface area contributed by atoms with E-state index >= 15 is 0 Å². The average molecular weight is 240 g/mol. The lowest BCUT2D eigenvalue weighted by Gasteiger charge is -2.26. The molecule has 0 amide bonds. The number of nitrogens with one attached hydrogen (secondary N) is 1. The molecule has 0 atom stereocenters. The van der Waals surface area contributed by atoms with Crippen molar-refractivity contribution >= 4 is 23.3 Å². The van der Waals surface area contributed by atoms with Gasteiger partial charge in [-0.05, 0) is 37.1 Å². The van der Waals surface area contributed by atoms with Crippen molar-refractivity contribution in [3.63, 3.8) is 0 Å². The molecular formula is C12H14ClNO2. The van der Waals surface area contributed by atoms with Crippen LogP contribution in [0.15, 0.2) is 24.3 Å². The number of carboxylic acids is 1. The molecule has 0 bridgehead atoms. The number of hydrogen-bond donors (Lipinski definition) is 2. The molecule has 1 aromatic carbocycles. The predicted octanol–water partition coefficient (Wildman–Crippen LogP) is 3.15. The molecule has 16 heavy (non-hydrogen) atoms. The molecule has 1 aromatic rings. The zero-order valence-electron chi connectivity index (χ0n) is 8.87. The minimum absolute atomic E-state index is 0.654. The van der Waals surface area contributed by atoms with Crippen molar-refractivity contribution in [1.29, 1.82) is 0 Å².